The number of likely N-dealkylation sites (N-methyl/N-ethyl adjacent to an activating group) is 1. The number of aromatic nitrogens is 1. The number of thioether (sulfide) groups is 1. The lowest BCUT2D eigenvalue weighted by atomic mass is 10.0. The number of H-pyrrole nitrogens is 1. The highest BCUT2D eigenvalue weighted by atomic mass is 33.1. The normalized spacial score (nSPS) is 21.4. The molecule has 31 heteroatoms. The molecule has 12 amide bonds. The topological polar surface area (TPSA) is 431 Å². The summed E-state index contributed by atoms with van der Waals surface area (Å²) in [6, 6.07) is 12.4. The van der Waals surface area contributed by atoms with Crippen molar-refractivity contribution in [3.63, 3.8) is 0 Å². The molecule has 3 aromatic carbocycles. The van der Waals surface area contributed by atoms with E-state index in [0.717, 1.165) is 44.3 Å². The maximum Gasteiger partial charge on any atom is 0.245 e. The standard InChI is InChI=1S/C69H97N13O15S3/c1-40(2)59(67(95)71-5)80-56(86)27-15-9-19-30-82-58(88)35-55(69(82)97)98-31-28-57(87)73-49(32-43-20-10-6-11-21-43)62(90)78-53-38-99-100-39-54(66(94)77-52(37-83)41(3)84)79-68(96)60(42(4)85)81-61(89)48(26-14-8-18-29-70)74-64(92)51(34-45-36-72-47-25-17-16-24-46(45)47)76-63(91)50(75-65(53)93)33-44-22-12-7-13-23-44/h6-7,10-13,16-17,20-25,36,40-42,48-55,59-60,72,83-85H,8-9,14-15,18-19,26-35,37-39,70H2,1-5H3,(H,71,95)(H,73,87)(H,74,92)(H,75,93)(H,76,91)(H,77,94)(H,78,90)(H,79,96)(H,80,86)(H,81,89)/t41-,42-,48+,49-,50+,51-,52-,53+,54+,55?,59+,60+/m1/s1. The first-order chi connectivity index (χ1) is 47.9. The third kappa shape index (κ3) is 25.5. The quantitative estimate of drug-likeness (QED) is 0.0179. The number of nitrogens with two attached hydrogens (primary N) is 1. The molecule has 100 heavy (non-hydrogen) atoms. The number of fused-ring (bicyclic) bond motifs is 1. The van der Waals surface area contributed by atoms with Gasteiger partial charge in [0, 0.05) is 86.5 Å². The van der Waals surface area contributed by atoms with Gasteiger partial charge in [-0.1, -0.05) is 134 Å². The average Bonchev–Trinajstić information content (AvgIpc) is 1.63. The average molecular weight is 1440 g/mol. The Labute approximate surface area is 594 Å². The van der Waals surface area contributed by atoms with Crippen LogP contribution in [0.4, 0.5) is 0 Å². The number of likely N-dealkylation sites (tertiary alicyclic amines) is 1. The molecule has 2 saturated heterocycles. The molecular weight excluding hydrogens is 1350 g/mol. The van der Waals surface area contributed by atoms with Crippen LogP contribution in [0, 0.1) is 5.92 Å². The number of nitrogens with zero attached hydrogens (tertiary/aromatic N) is 1. The molecular formula is C69H97N13O15S3. The largest absolute Gasteiger partial charge is 0.394 e. The molecule has 1 aromatic heterocycles. The van der Waals surface area contributed by atoms with Crippen LogP contribution >= 0.6 is 33.3 Å². The maximum absolute atomic E-state index is 15.2. The number of hydrogen-bond donors (Lipinski definition) is 15. The number of imide groups is 1. The summed E-state index contributed by atoms with van der Waals surface area (Å²) < 4.78 is 0. The van der Waals surface area contributed by atoms with Crippen molar-refractivity contribution in [2.24, 2.45) is 11.7 Å². The molecule has 16 N–H and O–H groups in total. The molecule has 0 spiro atoms. The predicted octanol–water partition coefficient (Wildman–Crippen LogP) is 0.440. The SMILES string of the molecule is CNC(=O)[C@@H](NC(=O)CCCCCN1C(=O)CC(SCCC(=O)N[C@H](Cc2ccccc2)C(=O)N[C@H]2CSSC[C@@H](C(=O)N[C@H](CO)[C@@H](C)O)NC(=O)[C@H]([C@@H](C)O)NC(=O)[C@H](CCCCCN)NC(=O)[C@@H](Cc3c[nH]c4ccccc34)NC(=O)[C@H](Cc3ccccc3)NC2=O)C1=O)C(C)C. The van der Waals surface area contributed by atoms with Crippen LogP contribution in [0.2, 0.25) is 0 Å². The number of aliphatic hydroxyl groups is 3. The second-order valence-corrected chi connectivity index (χ2v) is 29.1. The second-order valence-electron chi connectivity index (χ2n) is 25.3. The van der Waals surface area contributed by atoms with E-state index in [9.17, 15) is 63.3 Å². The van der Waals surface area contributed by atoms with Gasteiger partial charge < -0.3 is 79.2 Å². The zero-order chi connectivity index (χ0) is 72.8. The number of nitrogens with one attached hydrogen (secondary N) is 11. The van der Waals surface area contributed by atoms with Gasteiger partial charge in [-0.2, -0.15) is 0 Å². The summed E-state index contributed by atoms with van der Waals surface area (Å²) in [5.74, 6) is -8.82. The minimum atomic E-state index is -1.73. The molecule has 2 aliphatic heterocycles. The monoisotopic (exact) mass is 1440 g/mol. The van der Waals surface area contributed by atoms with E-state index in [-0.39, 0.29) is 92.4 Å². The fraction of sp³-hybridized carbons (Fsp3) is 0.536. The van der Waals surface area contributed by atoms with Crippen molar-refractivity contribution in [2.45, 2.75) is 183 Å². The van der Waals surface area contributed by atoms with E-state index in [1.54, 1.807) is 72.9 Å². The van der Waals surface area contributed by atoms with E-state index in [1.165, 1.54) is 25.8 Å². The van der Waals surface area contributed by atoms with Crippen LogP contribution in [0.5, 0.6) is 0 Å². The highest BCUT2D eigenvalue weighted by molar-refractivity contribution is 8.76. The van der Waals surface area contributed by atoms with E-state index >= 15 is 9.59 Å². The number of unbranched alkanes of at least 4 members (excludes halogenated alkanes) is 4. The predicted molar refractivity (Wildman–Crippen MR) is 382 cm³/mol. The number of amides is 12. The summed E-state index contributed by atoms with van der Waals surface area (Å²) in [4.78, 5) is 173. The number of aliphatic hydroxyl groups excluding tert-OH is 3. The van der Waals surface area contributed by atoms with Crippen LogP contribution in [0.25, 0.3) is 10.9 Å². The van der Waals surface area contributed by atoms with Gasteiger partial charge in [0.1, 0.15) is 48.3 Å². The van der Waals surface area contributed by atoms with Crippen molar-refractivity contribution in [1.29, 1.82) is 0 Å². The fourth-order valence-electron chi connectivity index (χ4n) is 11.2. The molecule has 0 aliphatic carbocycles. The van der Waals surface area contributed by atoms with Crippen molar-refractivity contribution >= 4 is 115 Å². The summed E-state index contributed by atoms with van der Waals surface area (Å²) in [5.41, 5.74) is 8.33. The summed E-state index contributed by atoms with van der Waals surface area (Å²) >= 11 is 1.12. The Morgan fingerprint density at radius 3 is 1.94 bits per heavy atom. The van der Waals surface area contributed by atoms with Gasteiger partial charge in [-0.15, -0.1) is 11.8 Å². The van der Waals surface area contributed by atoms with E-state index in [1.807, 2.05) is 32.0 Å². The molecule has 1 unspecified atom stereocenters. The van der Waals surface area contributed by atoms with Crippen molar-refractivity contribution < 1.29 is 72.9 Å². The van der Waals surface area contributed by atoms with Crippen LogP contribution < -0.4 is 58.9 Å². The minimum absolute atomic E-state index is 0.0120. The number of rotatable bonds is 32. The number of hydrogen-bond acceptors (Lipinski definition) is 19. The third-order valence-electron chi connectivity index (χ3n) is 17.0. The molecule has 0 radical (unpaired) electrons. The number of carbonyl (C=O) groups excluding carboxylic acids is 12. The smallest absolute Gasteiger partial charge is 0.245 e. The van der Waals surface area contributed by atoms with E-state index in [0.29, 0.717) is 61.8 Å². The summed E-state index contributed by atoms with van der Waals surface area (Å²) in [5, 5.41) is 58.5. The second kappa shape index (κ2) is 41.6. The molecule has 0 bridgehead atoms. The molecule has 3 heterocycles. The van der Waals surface area contributed by atoms with E-state index < -0.39 is 132 Å². The number of aromatic amines is 1. The molecule has 12 atom stereocenters. The lowest BCUT2D eigenvalue weighted by Gasteiger charge is -2.29. The lowest BCUT2D eigenvalue weighted by Crippen LogP contribution is -2.62. The van der Waals surface area contributed by atoms with Crippen LogP contribution in [-0.4, -0.2) is 212 Å². The van der Waals surface area contributed by atoms with Crippen LogP contribution in [0.1, 0.15) is 109 Å². The Morgan fingerprint density at radius 1 is 0.660 bits per heavy atom. The molecule has 6 rings (SSSR count). The Balaban J connectivity index is 1.27. The zero-order valence-corrected chi connectivity index (χ0v) is 59.5. The van der Waals surface area contributed by atoms with Gasteiger partial charge in [0.25, 0.3) is 0 Å². The highest BCUT2D eigenvalue weighted by Crippen LogP contribution is 2.28. The molecule has 4 aromatic rings. The first-order valence-corrected chi connectivity index (χ1v) is 37.4. The lowest BCUT2D eigenvalue weighted by molar-refractivity contribution is -0.138. The van der Waals surface area contributed by atoms with Gasteiger partial charge in [0.05, 0.1) is 30.1 Å². The van der Waals surface area contributed by atoms with Crippen molar-refractivity contribution in [3.05, 3.63) is 108 Å². The summed E-state index contributed by atoms with van der Waals surface area (Å²) in [6.45, 7) is 5.98. The van der Waals surface area contributed by atoms with Crippen molar-refractivity contribution in [2.75, 3.05) is 44.0 Å². The molecule has 546 valence electrons. The fourth-order valence-corrected chi connectivity index (χ4v) is 14.7. The Kier molecular flexibility index (Phi) is 33.7. The van der Waals surface area contributed by atoms with Gasteiger partial charge in [-0.25, -0.2) is 0 Å². The Bertz CT molecular complexity index is 3400. The van der Waals surface area contributed by atoms with Gasteiger partial charge in [0.15, 0.2) is 0 Å². The maximum atomic E-state index is 15.2. The third-order valence-corrected chi connectivity index (χ3v) is 20.7. The van der Waals surface area contributed by atoms with Gasteiger partial charge in [-0.05, 0) is 74.8 Å². The number of carbonyl (C=O) groups is 12. The first-order valence-electron chi connectivity index (χ1n) is 33.8. The van der Waals surface area contributed by atoms with Crippen LogP contribution in [0.15, 0.2) is 91.1 Å². The van der Waals surface area contributed by atoms with Crippen molar-refractivity contribution in [3.8, 4) is 0 Å². The number of para-hydroxylation sites is 1. The van der Waals surface area contributed by atoms with Gasteiger partial charge in [-0.3, -0.25) is 62.4 Å². The zero-order valence-electron chi connectivity index (χ0n) is 57.1. The Morgan fingerprint density at radius 2 is 1.28 bits per heavy atom. The van der Waals surface area contributed by atoms with Gasteiger partial charge in [0.2, 0.25) is 70.9 Å². The Hall–Kier alpha value is -8.07. The molecule has 2 aliphatic rings. The van der Waals surface area contributed by atoms with Crippen LogP contribution in [0.3, 0.4) is 0 Å². The van der Waals surface area contributed by atoms with Crippen LogP contribution in [-0.2, 0) is 76.8 Å². The number of benzene rings is 3. The highest BCUT2D eigenvalue weighted by Gasteiger charge is 2.40. The van der Waals surface area contributed by atoms with Gasteiger partial charge >= 0.3 is 0 Å². The minimum Gasteiger partial charge on any atom is -0.394 e. The molecule has 0 saturated carbocycles. The summed E-state index contributed by atoms with van der Waals surface area (Å²) in [7, 11) is 3.41. The molecule has 28 nitrogen and oxygen atoms in total. The van der Waals surface area contributed by atoms with Crippen molar-refractivity contribution in [1.82, 2.24) is 63.1 Å². The molecule has 2 fully saturated rings. The summed E-state index contributed by atoms with van der Waals surface area (Å²) in [6.07, 6.45) is 1.25. The van der Waals surface area contributed by atoms with E-state index in [2.05, 4.69) is 58.2 Å². The first kappa shape index (κ1) is 80.9. The van der Waals surface area contributed by atoms with E-state index in [4.69, 9.17) is 5.73 Å².